The average molecular weight is 488 g/mol. The highest BCUT2D eigenvalue weighted by Gasteiger charge is 2.16. The van der Waals surface area contributed by atoms with Gasteiger partial charge in [0.15, 0.2) is 5.12 Å². The van der Waals surface area contributed by atoms with Gasteiger partial charge in [0, 0.05) is 19.5 Å². The van der Waals surface area contributed by atoms with Gasteiger partial charge in [-0.2, -0.15) is 0 Å². The Morgan fingerprint density at radius 1 is 0.636 bits per heavy atom. The molecule has 0 saturated heterocycles. The van der Waals surface area contributed by atoms with Crippen LogP contribution in [0.2, 0.25) is 0 Å². The van der Waals surface area contributed by atoms with Gasteiger partial charge in [-0.25, -0.2) is 0 Å². The summed E-state index contributed by atoms with van der Waals surface area (Å²) in [4.78, 5) is 13.3. The van der Waals surface area contributed by atoms with E-state index < -0.39 is 0 Å². The molecular weight excluding hydrogens is 430 g/mol. The Bertz CT molecular complexity index is 394. The number of thiol groups is 1. The molecular formula is C28H57NO3S. The van der Waals surface area contributed by atoms with Crippen molar-refractivity contribution in [1.29, 1.82) is 0 Å². The lowest BCUT2D eigenvalue weighted by Crippen LogP contribution is -2.38. The van der Waals surface area contributed by atoms with Crippen LogP contribution in [0.25, 0.3) is 0 Å². The predicted octanol–water partition coefficient (Wildman–Crippen LogP) is 7.31. The van der Waals surface area contributed by atoms with E-state index in [0.29, 0.717) is 19.5 Å². The number of rotatable bonds is 26. The van der Waals surface area contributed by atoms with E-state index in [1.807, 2.05) is 0 Å². The highest BCUT2D eigenvalue weighted by atomic mass is 32.1. The van der Waals surface area contributed by atoms with Crippen molar-refractivity contribution in [3.63, 3.8) is 0 Å². The van der Waals surface area contributed by atoms with Crippen molar-refractivity contribution in [2.45, 2.75) is 154 Å². The molecule has 2 unspecified atom stereocenters. The van der Waals surface area contributed by atoms with Gasteiger partial charge in [0.1, 0.15) is 0 Å². The van der Waals surface area contributed by atoms with Crippen LogP contribution in [0.5, 0.6) is 0 Å². The molecule has 4 nitrogen and oxygen atoms in total. The molecule has 0 spiro atoms. The van der Waals surface area contributed by atoms with Crippen molar-refractivity contribution in [2.24, 2.45) is 0 Å². The van der Waals surface area contributed by atoms with Crippen LogP contribution in [0.15, 0.2) is 0 Å². The molecule has 0 aliphatic rings. The second kappa shape index (κ2) is 25.0. The van der Waals surface area contributed by atoms with Gasteiger partial charge in [0.25, 0.3) is 0 Å². The normalized spacial score (nSPS) is 13.5. The highest BCUT2D eigenvalue weighted by molar-refractivity contribution is 7.96. The van der Waals surface area contributed by atoms with E-state index in [-0.39, 0.29) is 17.3 Å². The number of unbranched alkanes of at least 4 members (excludes halogenated alkanes) is 14. The number of hydrogen-bond acceptors (Lipinski definition) is 4. The van der Waals surface area contributed by atoms with Gasteiger partial charge in [-0.3, -0.25) is 9.69 Å². The lowest BCUT2D eigenvalue weighted by molar-refractivity contribution is -0.110. The summed E-state index contributed by atoms with van der Waals surface area (Å²) in [6.07, 6.45) is 22.4. The molecule has 5 heteroatoms. The Morgan fingerprint density at radius 3 is 1.36 bits per heavy atom. The predicted molar refractivity (Wildman–Crippen MR) is 146 cm³/mol. The molecule has 0 aromatic heterocycles. The minimum atomic E-state index is -0.355. The standard InChI is InChI=1S/C28H57NO3S/c1-3-5-7-9-11-13-15-17-20-26(30)24-29(23-19-22-28(32)33)25-27(31)21-18-16-14-12-10-8-6-4-2/h26-27,30-31H,3-25H2,1-2H3,(H,32,33). The van der Waals surface area contributed by atoms with Gasteiger partial charge < -0.3 is 10.2 Å². The third kappa shape index (κ3) is 24.8. The lowest BCUT2D eigenvalue weighted by Gasteiger charge is -2.27. The summed E-state index contributed by atoms with van der Waals surface area (Å²) in [5.41, 5.74) is 0. The number of carbonyl (C=O) groups excluding carboxylic acids is 1. The van der Waals surface area contributed by atoms with Crippen LogP contribution >= 0.6 is 12.6 Å². The molecule has 0 saturated carbocycles. The first-order chi connectivity index (χ1) is 16.0. The lowest BCUT2D eigenvalue weighted by atomic mass is 10.0. The smallest absolute Gasteiger partial charge is 0.185 e. The Kier molecular flexibility index (Phi) is 24.9. The zero-order valence-electron chi connectivity index (χ0n) is 22.1. The van der Waals surface area contributed by atoms with E-state index >= 15 is 0 Å². The quantitative estimate of drug-likeness (QED) is 0.0884. The van der Waals surface area contributed by atoms with Crippen LogP contribution in [0.1, 0.15) is 142 Å². The first-order valence-corrected chi connectivity index (χ1v) is 14.7. The van der Waals surface area contributed by atoms with Crippen LogP contribution in [0, 0.1) is 0 Å². The Hall–Kier alpha value is -0.100. The molecule has 2 N–H and O–H groups in total. The monoisotopic (exact) mass is 487 g/mol. The minimum absolute atomic E-state index is 0.0890. The van der Waals surface area contributed by atoms with E-state index in [9.17, 15) is 15.0 Å². The topological polar surface area (TPSA) is 60.8 Å². The first-order valence-electron chi connectivity index (χ1n) is 14.3. The summed E-state index contributed by atoms with van der Waals surface area (Å²) in [5.74, 6) is 0. The molecule has 0 bridgehead atoms. The summed E-state index contributed by atoms with van der Waals surface area (Å²) in [6, 6.07) is 0. The molecule has 0 fully saturated rings. The summed E-state index contributed by atoms with van der Waals surface area (Å²) in [5, 5.41) is 21.0. The summed E-state index contributed by atoms with van der Waals surface area (Å²) >= 11 is 3.87. The summed E-state index contributed by atoms with van der Waals surface area (Å²) < 4.78 is 0. The van der Waals surface area contributed by atoms with Gasteiger partial charge in [-0.1, -0.05) is 117 Å². The molecule has 2 atom stereocenters. The molecule has 0 aliphatic heterocycles. The van der Waals surface area contributed by atoms with Gasteiger partial charge in [0.05, 0.1) is 12.2 Å². The molecule has 0 aromatic rings. The minimum Gasteiger partial charge on any atom is -0.392 e. The third-order valence-corrected chi connectivity index (χ3v) is 6.81. The van der Waals surface area contributed by atoms with Crippen molar-refractivity contribution in [3.8, 4) is 0 Å². The maximum Gasteiger partial charge on any atom is 0.185 e. The highest BCUT2D eigenvalue weighted by Crippen LogP contribution is 2.14. The number of aliphatic hydroxyl groups is 2. The maximum atomic E-state index is 11.2. The number of nitrogens with zero attached hydrogens (tertiary/aromatic N) is 1. The Balaban J connectivity index is 4.08. The number of hydrogen-bond donors (Lipinski definition) is 3. The fraction of sp³-hybridized carbons (Fsp3) is 0.964. The van der Waals surface area contributed by atoms with Crippen molar-refractivity contribution in [1.82, 2.24) is 4.90 Å². The van der Waals surface area contributed by atoms with Crippen molar-refractivity contribution in [3.05, 3.63) is 0 Å². The SMILES string of the molecule is CCCCCCCCCCC(O)CN(CCCC(=O)S)CC(O)CCCCCCCCCC. The molecule has 0 heterocycles. The number of carbonyl (C=O) groups is 1. The first kappa shape index (κ1) is 32.9. The molecule has 0 radical (unpaired) electrons. The van der Waals surface area contributed by atoms with Gasteiger partial charge in [-0.15, -0.1) is 12.6 Å². The second-order valence-electron chi connectivity index (χ2n) is 10.1. The maximum absolute atomic E-state index is 11.2. The van der Waals surface area contributed by atoms with Crippen LogP contribution in [-0.2, 0) is 4.79 Å². The second-order valence-corrected chi connectivity index (χ2v) is 10.6. The fourth-order valence-electron chi connectivity index (χ4n) is 4.52. The zero-order chi connectivity index (χ0) is 24.6. The van der Waals surface area contributed by atoms with Crippen LogP contribution in [-0.4, -0.2) is 52.1 Å². The summed E-state index contributed by atoms with van der Waals surface area (Å²) in [7, 11) is 0. The molecule has 0 amide bonds. The van der Waals surface area contributed by atoms with Gasteiger partial charge in [-0.05, 0) is 25.8 Å². The van der Waals surface area contributed by atoms with Crippen LogP contribution in [0.3, 0.4) is 0 Å². The van der Waals surface area contributed by atoms with Crippen molar-refractivity contribution >= 4 is 17.7 Å². The Morgan fingerprint density at radius 2 is 1.00 bits per heavy atom. The summed E-state index contributed by atoms with van der Waals surface area (Å²) in [6.45, 7) is 6.40. The number of aliphatic hydroxyl groups excluding tert-OH is 2. The molecule has 0 aromatic carbocycles. The van der Waals surface area contributed by atoms with Crippen LogP contribution in [0.4, 0.5) is 0 Å². The van der Waals surface area contributed by atoms with Crippen molar-refractivity contribution in [2.75, 3.05) is 19.6 Å². The van der Waals surface area contributed by atoms with Gasteiger partial charge in [0.2, 0.25) is 0 Å². The zero-order valence-corrected chi connectivity index (χ0v) is 23.0. The van der Waals surface area contributed by atoms with E-state index in [2.05, 4.69) is 31.4 Å². The van der Waals surface area contributed by atoms with E-state index in [1.165, 1.54) is 89.9 Å². The van der Waals surface area contributed by atoms with E-state index in [4.69, 9.17) is 0 Å². The van der Waals surface area contributed by atoms with E-state index in [1.54, 1.807) is 0 Å². The molecule has 198 valence electrons. The fourth-order valence-corrected chi connectivity index (χ4v) is 4.68. The molecule has 0 rings (SSSR count). The van der Waals surface area contributed by atoms with E-state index in [0.717, 1.165) is 38.6 Å². The van der Waals surface area contributed by atoms with Crippen LogP contribution < -0.4 is 0 Å². The van der Waals surface area contributed by atoms with Gasteiger partial charge >= 0.3 is 0 Å². The van der Waals surface area contributed by atoms with Crippen molar-refractivity contribution < 1.29 is 15.0 Å². The Labute approximate surface area is 211 Å². The largest absolute Gasteiger partial charge is 0.392 e. The average Bonchev–Trinajstić information content (AvgIpc) is 2.77. The molecule has 33 heavy (non-hydrogen) atoms. The molecule has 0 aliphatic carbocycles. The third-order valence-electron chi connectivity index (χ3n) is 6.58.